The predicted octanol–water partition coefficient (Wildman–Crippen LogP) is 0.119. The van der Waals surface area contributed by atoms with Crippen LogP contribution >= 0.6 is 11.3 Å². The molecule has 0 unspecified atom stereocenters. The van der Waals surface area contributed by atoms with E-state index >= 15 is 0 Å². The molecule has 34 heavy (non-hydrogen) atoms. The second-order valence-electron chi connectivity index (χ2n) is 7.75. The van der Waals surface area contributed by atoms with E-state index < -0.39 is 40.2 Å². The number of amides is 2. The van der Waals surface area contributed by atoms with Gasteiger partial charge in [-0.2, -0.15) is 0 Å². The zero-order valence-electron chi connectivity index (χ0n) is 19.1. The summed E-state index contributed by atoms with van der Waals surface area (Å²) in [6.45, 7) is 1.53. The molecule has 2 rings (SSSR count). The molecule has 0 saturated heterocycles. The standard InChI is InChI=1S/C21H30N4O7S2/c1-13(26)22-15(9-10-32-2)18(27)19(28)16(11-14-7-5-4-6-8-14)23-20(29)17-12-33-21(24-17)25-34(3,30)31/h4-8,12,15-16,18-19,27-28H,9-11H2,1-3H3,(H,22,26)(H,23,29)(H,24,25)/t15-,16+,18-,19-/m1/s1. The molecule has 0 saturated carbocycles. The highest BCUT2D eigenvalue weighted by Gasteiger charge is 2.34. The maximum atomic E-state index is 12.8. The first kappa shape index (κ1) is 27.7. The third-order valence-corrected chi connectivity index (χ3v) is 6.27. The molecule has 13 heteroatoms. The van der Waals surface area contributed by atoms with E-state index in [1.807, 2.05) is 18.2 Å². The SMILES string of the molecule is COCC[C@@H](NC(C)=O)[C@@H](O)[C@H](O)[C@H](Cc1ccccc1)NC(=O)c1csc(NS(C)(=O)=O)n1. The monoisotopic (exact) mass is 514 g/mol. The Labute approximate surface area is 202 Å². The number of benzene rings is 1. The number of rotatable bonds is 13. The molecular formula is C21H30N4O7S2. The Balaban J connectivity index is 2.24. The Hall–Kier alpha value is -2.58. The number of carbonyl (C=O) groups excluding carboxylic acids is 2. The number of aromatic nitrogens is 1. The van der Waals surface area contributed by atoms with Crippen molar-refractivity contribution in [1.29, 1.82) is 0 Å². The summed E-state index contributed by atoms with van der Waals surface area (Å²) in [6.07, 6.45) is -1.47. The summed E-state index contributed by atoms with van der Waals surface area (Å²) in [5.41, 5.74) is 0.749. The van der Waals surface area contributed by atoms with Gasteiger partial charge in [-0.25, -0.2) is 13.4 Å². The predicted molar refractivity (Wildman–Crippen MR) is 128 cm³/mol. The maximum Gasteiger partial charge on any atom is 0.271 e. The van der Waals surface area contributed by atoms with E-state index in [0.717, 1.165) is 23.2 Å². The normalized spacial score (nSPS) is 15.1. The number of ether oxygens (including phenoxy) is 1. The Bertz CT molecular complexity index is 1050. The van der Waals surface area contributed by atoms with Crippen molar-refractivity contribution < 1.29 is 33.0 Å². The Morgan fingerprint density at radius 3 is 2.35 bits per heavy atom. The van der Waals surface area contributed by atoms with Crippen LogP contribution < -0.4 is 15.4 Å². The van der Waals surface area contributed by atoms with Gasteiger partial charge in [0.25, 0.3) is 5.91 Å². The van der Waals surface area contributed by atoms with Crippen LogP contribution in [0.5, 0.6) is 0 Å². The molecule has 1 aromatic carbocycles. The van der Waals surface area contributed by atoms with E-state index in [-0.39, 0.29) is 36.2 Å². The van der Waals surface area contributed by atoms with Crippen molar-refractivity contribution in [2.45, 2.75) is 44.1 Å². The summed E-state index contributed by atoms with van der Waals surface area (Å²) in [5.74, 6) is -1.04. The molecule has 188 valence electrons. The van der Waals surface area contributed by atoms with Gasteiger partial charge < -0.3 is 25.6 Å². The molecule has 0 radical (unpaired) electrons. The van der Waals surface area contributed by atoms with Crippen LogP contribution in [0, 0.1) is 0 Å². The molecule has 0 bridgehead atoms. The van der Waals surface area contributed by atoms with Crippen molar-refractivity contribution in [3.63, 3.8) is 0 Å². The van der Waals surface area contributed by atoms with E-state index in [1.54, 1.807) is 12.1 Å². The van der Waals surface area contributed by atoms with Crippen LogP contribution in [0.25, 0.3) is 0 Å². The molecular weight excluding hydrogens is 484 g/mol. The van der Waals surface area contributed by atoms with Crippen LogP contribution in [0.4, 0.5) is 5.13 Å². The van der Waals surface area contributed by atoms with Crippen molar-refractivity contribution in [3.8, 4) is 0 Å². The summed E-state index contributed by atoms with van der Waals surface area (Å²) in [4.78, 5) is 28.4. The summed E-state index contributed by atoms with van der Waals surface area (Å²) >= 11 is 0.936. The molecule has 5 N–H and O–H groups in total. The zero-order chi connectivity index (χ0) is 25.3. The van der Waals surface area contributed by atoms with Crippen LogP contribution in [-0.4, -0.2) is 79.7 Å². The number of carbonyl (C=O) groups is 2. The van der Waals surface area contributed by atoms with E-state index in [9.17, 15) is 28.2 Å². The number of aliphatic hydroxyl groups is 2. The first-order valence-corrected chi connectivity index (χ1v) is 13.2. The van der Waals surface area contributed by atoms with Gasteiger partial charge in [-0.05, 0) is 18.4 Å². The quantitative estimate of drug-likeness (QED) is 0.251. The van der Waals surface area contributed by atoms with Crippen LogP contribution in [0.2, 0.25) is 0 Å². The maximum absolute atomic E-state index is 12.8. The van der Waals surface area contributed by atoms with E-state index in [1.165, 1.54) is 19.4 Å². The topological polar surface area (TPSA) is 167 Å². The third kappa shape index (κ3) is 8.99. The van der Waals surface area contributed by atoms with Gasteiger partial charge in [0.05, 0.1) is 18.3 Å². The lowest BCUT2D eigenvalue weighted by atomic mass is 9.92. The third-order valence-electron chi connectivity index (χ3n) is 4.82. The minimum atomic E-state index is -3.56. The largest absolute Gasteiger partial charge is 0.388 e. The summed E-state index contributed by atoms with van der Waals surface area (Å²) in [7, 11) is -2.08. The first-order chi connectivity index (χ1) is 16.0. The number of nitrogens with zero attached hydrogens (tertiary/aromatic N) is 1. The minimum Gasteiger partial charge on any atom is -0.388 e. The number of thiazole rings is 1. The molecule has 1 heterocycles. The van der Waals surface area contributed by atoms with Crippen LogP contribution in [0.3, 0.4) is 0 Å². The Morgan fingerprint density at radius 1 is 1.12 bits per heavy atom. The fraction of sp³-hybridized carbons (Fsp3) is 0.476. The molecule has 2 aromatic rings. The summed E-state index contributed by atoms with van der Waals surface area (Å²) < 4.78 is 30.0. The molecule has 0 aliphatic carbocycles. The first-order valence-electron chi connectivity index (χ1n) is 10.4. The number of methoxy groups -OCH3 is 1. The number of hydrogen-bond donors (Lipinski definition) is 5. The van der Waals surface area contributed by atoms with Gasteiger partial charge in [-0.15, -0.1) is 11.3 Å². The number of hydrogen-bond acceptors (Lipinski definition) is 9. The molecule has 11 nitrogen and oxygen atoms in total. The van der Waals surface area contributed by atoms with Gasteiger partial charge in [-0.3, -0.25) is 14.3 Å². The van der Waals surface area contributed by atoms with E-state index in [2.05, 4.69) is 20.3 Å². The highest BCUT2D eigenvalue weighted by atomic mass is 32.2. The van der Waals surface area contributed by atoms with Crippen LogP contribution in [0.15, 0.2) is 35.7 Å². The van der Waals surface area contributed by atoms with E-state index in [4.69, 9.17) is 4.74 Å². The Kier molecular flexibility index (Phi) is 10.4. The fourth-order valence-corrected chi connectivity index (χ4v) is 4.80. The van der Waals surface area contributed by atoms with Crippen LogP contribution in [0.1, 0.15) is 29.4 Å². The fourth-order valence-electron chi connectivity index (χ4n) is 3.26. The molecule has 0 aliphatic rings. The molecule has 0 spiro atoms. The smallest absolute Gasteiger partial charge is 0.271 e. The van der Waals surface area contributed by atoms with Crippen LogP contribution in [-0.2, 0) is 26.0 Å². The number of aliphatic hydroxyl groups excluding tert-OH is 2. The lowest BCUT2D eigenvalue weighted by Gasteiger charge is -2.32. The second kappa shape index (κ2) is 12.8. The van der Waals surface area contributed by atoms with Gasteiger partial charge in [0, 0.05) is 26.0 Å². The van der Waals surface area contributed by atoms with Gasteiger partial charge in [0.2, 0.25) is 15.9 Å². The number of nitrogens with one attached hydrogen (secondary N) is 3. The second-order valence-corrected chi connectivity index (χ2v) is 10.4. The molecule has 0 aliphatic heterocycles. The highest BCUT2D eigenvalue weighted by molar-refractivity contribution is 7.92. The van der Waals surface area contributed by atoms with Crippen molar-refractivity contribution in [2.24, 2.45) is 0 Å². The molecule has 2 amide bonds. The van der Waals surface area contributed by atoms with Gasteiger partial charge in [0.15, 0.2) is 5.13 Å². The zero-order valence-corrected chi connectivity index (χ0v) is 20.7. The van der Waals surface area contributed by atoms with Gasteiger partial charge in [0.1, 0.15) is 17.9 Å². The summed E-state index contributed by atoms with van der Waals surface area (Å²) in [6, 6.07) is 7.30. The minimum absolute atomic E-state index is 0.0260. The van der Waals surface area contributed by atoms with Crippen molar-refractivity contribution in [1.82, 2.24) is 15.6 Å². The lowest BCUT2D eigenvalue weighted by molar-refractivity contribution is -0.121. The average Bonchev–Trinajstić information content (AvgIpc) is 3.22. The average molecular weight is 515 g/mol. The molecule has 1 aromatic heterocycles. The van der Waals surface area contributed by atoms with Crippen molar-refractivity contribution in [2.75, 3.05) is 24.7 Å². The summed E-state index contributed by atoms with van der Waals surface area (Å²) in [5, 5.41) is 28.6. The lowest BCUT2D eigenvalue weighted by Crippen LogP contribution is -2.56. The van der Waals surface area contributed by atoms with Crippen molar-refractivity contribution in [3.05, 3.63) is 47.0 Å². The number of sulfonamides is 1. The van der Waals surface area contributed by atoms with Gasteiger partial charge >= 0.3 is 0 Å². The van der Waals surface area contributed by atoms with Crippen molar-refractivity contribution >= 4 is 38.3 Å². The number of anilines is 1. The highest BCUT2D eigenvalue weighted by Crippen LogP contribution is 2.18. The van der Waals surface area contributed by atoms with E-state index in [0.29, 0.717) is 0 Å². The molecule has 4 atom stereocenters. The van der Waals surface area contributed by atoms with Gasteiger partial charge in [-0.1, -0.05) is 30.3 Å². The Morgan fingerprint density at radius 2 is 1.76 bits per heavy atom. The molecule has 0 fully saturated rings.